The van der Waals surface area contributed by atoms with E-state index in [-0.39, 0.29) is 5.82 Å². The van der Waals surface area contributed by atoms with E-state index in [1.54, 1.807) is 18.3 Å². The second-order valence-corrected chi connectivity index (χ2v) is 6.17. The minimum absolute atomic E-state index is 0.262. The molecule has 0 amide bonds. The first kappa shape index (κ1) is 15.7. The van der Waals surface area contributed by atoms with Crippen molar-refractivity contribution in [2.45, 2.75) is 18.9 Å². The molecule has 1 aliphatic rings. The van der Waals surface area contributed by atoms with E-state index in [1.165, 1.54) is 18.5 Å². The number of aromatic nitrogens is 4. The molecule has 6 nitrogen and oxygen atoms in total. The van der Waals surface area contributed by atoms with Gasteiger partial charge < -0.3 is 15.6 Å². The predicted molar refractivity (Wildman–Crippen MR) is 94.2 cm³/mol. The zero-order valence-electron chi connectivity index (χ0n) is 13.7. The van der Waals surface area contributed by atoms with Gasteiger partial charge in [0.1, 0.15) is 17.8 Å². The first-order valence-electron chi connectivity index (χ1n) is 8.34. The number of imidazole rings is 1. The SMILES string of the molecule is Nc1cncnc1-c1nc(-c2ccc(F)cc2)cn1C1CCNCC1. The molecule has 0 bridgehead atoms. The lowest BCUT2D eigenvalue weighted by Gasteiger charge is -2.25. The summed E-state index contributed by atoms with van der Waals surface area (Å²) in [6.45, 7) is 1.93. The summed E-state index contributed by atoms with van der Waals surface area (Å²) < 4.78 is 15.4. The van der Waals surface area contributed by atoms with Gasteiger partial charge in [0.25, 0.3) is 0 Å². The molecule has 3 N–H and O–H groups in total. The molecule has 0 saturated carbocycles. The van der Waals surface area contributed by atoms with Crippen molar-refractivity contribution in [1.29, 1.82) is 0 Å². The molecule has 4 rings (SSSR count). The summed E-state index contributed by atoms with van der Waals surface area (Å²) in [5.74, 6) is 0.466. The molecule has 0 unspecified atom stereocenters. The Morgan fingerprint density at radius 3 is 2.64 bits per heavy atom. The molecule has 1 aliphatic heterocycles. The highest BCUT2D eigenvalue weighted by Crippen LogP contribution is 2.32. The van der Waals surface area contributed by atoms with E-state index >= 15 is 0 Å². The standard InChI is InChI=1S/C18H19FN6/c19-13-3-1-12(2-4-13)16-10-25(14-5-7-21-8-6-14)18(24-16)17-15(20)9-22-11-23-17/h1-4,9-11,14,21H,5-8,20H2. The average molecular weight is 338 g/mol. The van der Waals surface area contributed by atoms with E-state index in [4.69, 9.17) is 10.7 Å². The third-order valence-electron chi connectivity index (χ3n) is 4.53. The summed E-state index contributed by atoms with van der Waals surface area (Å²) in [6, 6.07) is 6.68. The van der Waals surface area contributed by atoms with E-state index in [1.807, 2.05) is 6.20 Å². The Morgan fingerprint density at radius 2 is 1.92 bits per heavy atom. The second kappa shape index (κ2) is 6.60. The number of rotatable bonds is 3. The fraction of sp³-hybridized carbons (Fsp3) is 0.278. The number of nitrogens with one attached hydrogen (secondary N) is 1. The van der Waals surface area contributed by atoms with Crippen LogP contribution in [-0.4, -0.2) is 32.6 Å². The quantitative estimate of drug-likeness (QED) is 0.767. The first-order chi connectivity index (χ1) is 12.2. The van der Waals surface area contributed by atoms with Crippen molar-refractivity contribution < 1.29 is 4.39 Å². The average Bonchev–Trinajstić information content (AvgIpc) is 3.08. The van der Waals surface area contributed by atoms with Crippen LogP contribution in [0.1, 0.15) is 18.9 Å². The topological polar surface area (TPSA) is 81.7 Å². The van der Waals surface area contributed by atoms with Crippen molar-refractivity contribution in [3.63, 3.8) is 0 Å². The molecule has 1 fully saturated rings. The van der Waals surface area contributed by atoms with Crippen molar-refractivity contribution in [2.24, 2.45) is 0 Å². The number of nitrogens with two attached hydrogens (primary N) is 1. The summed E-state index contributed by atoms with van der Waals surface area (Å²) in [6.07, 6.45) is 7.10. The van der Waals surface area contributed by atoms with Gasteiger partial charge in [-0.1, -0.05) is 0 Å². The van der Waals surface area contributed by atoms with Crippen molar-refractivity contribution in [1.82, 2.24) is 24.8 Å². The summed E-state index contributed by atoms with van der Waals surface area (Å²) in [5, 5.41) is 3.37. The summed E-state index contributed by atoms with van der Waals surface area (Å²) in [4.78, 5) is 13.1. The Labute approximate surface area is 144 Å². The second-order valence-electron chi connectivity index (χ2n) is 6.17. The molecule has 0 atom stereocenters. The minimum atomic E-state index is -0.262. The van der Waals surface area contributed by atoms with Crippen LogP contribution in [0.3, 0.4) is 0 Å². The van der Waals surface area contributed by atoms with E-state index in [0.29, 0.717) is 17.4 Å². The fourth-order valence-electron chi connectivity index (χ4n) is 3.22. The Balaban J connectivity index is 1.83. The number of hydrogen-bond donors (Lipinski definition) is 2. The number of nitrogen functional groups attached to an aromatic ring is 1. The van der Waals surface area contributed by atoms with Gasteiger partial charge in [0.15, 0.2) is 5.82 Å². The van der Waals surface area contributed by atoms with Gasteiger partial charge in [-0.3, -0.25) is 0 Å². The zero-order chi connectivity index (χ0) is 17.2. The van der Waals surface area contributed by atoms with Crippen LogP contribution in [-0.2, 0) is 0 Å². The number of benzene rings is 1. The molecule has 2 aromatic heterocycles. The lowest BCUT2D eigenvalue weighted by atomic mass is 10.1. The maximum Gasteiger partial charge on any atom is 0.161 e. The fourth-order valence-corrected chi connectivity index (χ4v) is 3.22. The van der Waals surface area contributed by atoms with Crippen molar-refractivity contribution >= 4 is 5.69 Å². The number of halogens is 1. The van der Waals surface area contributed by atoms with Crippen molar-refractivity contribution in [3.8, 4) is 22.8 Å². The van der Waals surface area contributed by atoms with Gasteiger partial charge in [0, 0.05) is 17.8 Å². The molecular formula is C18H19FN6. The van der Waals surface area contributed by atoms with Crippen LogP contribution in [0.4, 0.5) is 10.1 Å². The monoisotopic (exact) mass is 338 g/mol. The number of nitrogens with zero attached hydrogens (tertiary/aromatic N) is 4. The van der Waals surface area contributed by atoms with Gasteiger partial charge >= 0.3 is 0 Å². The summed E-state index contributed by atoms with van der Waals surface area (Å²) in [5.41, 5.74) is 8.85. The largest absolute Gasteiger partial charge is 0.396 e. The Morgan fingerprint density at radius 1 is 1.16 bits per heavy atom. The summed E-state index contributed by atoms with van der Waals surface area (Å²) >= 11 is 0. The van der Waals surface area contributed by atoms with Crippen LogP contribution in [0, 0.1) is 5.82 Å². The van der Waals surface area contributed by atoms with E-state index < -0.39 is 0 Å². The van der Waals surface area contributed by atoms with Gasteiger partial charge in [0.2, 0.25) is 0 Å². The van der Waals surface area contributed by atoms with Gasteiger partial charge in [-0.05, 0) is 50.2 Å². The van der Waals surface area contributed by atoms with Gasteiger partial charge in [-0.25, -0.2) is 19.3 Å². The maximum atomic E-state index is 13.2. The number of piperidine rings is 1. The normalized spacial score (nSPS) is 15.4. The highest BCUT2D eigenvalue weighted by Gasteiger charge is 2.22. The van der Waals surface area contributed by atoms with Gasteiger partial charge in [0.05, 0.1) is 17.6 Å². The van der Waals surface area contributed by atoms with E-state index in [9.17, 15) is 4.39 Å². The maximum absolute atomic E-state index is 13.2. The molecule has 3 aromatic rings. The lowest BCUT2D eigenvalue weighted by Crippen LogP contribution is -2.29. The zero-order valence-corrected chi connectivity index (χ0v) is 13.7. The van der Waals surface area contributed by atoms with Crippen LogP contribution in [0.5, 0.6) is 0 Å². The molecule has 1 saturated heterocycles. The molecule has 0 spiro atoms. The predicted octanol–water partition coefficient (Wildman–Crippen LogP) is 2.65. The Bertz CT molecular complexity index is 868. The van der Waals surface area contributed by atoms with Crippen molar-refractivity contribution in [2.75, 3.05) is 18.8 Å². The Kier molecular flexibility index (Phi) is 4.15. The smallest absolute Gasteiger partial charge is 0.161 e. The molecule has 0 aliphatic carbocycles. The van der Waals surface area contributed by atoms with E-state index in [0.717, 1.165) is 43.0 Å². The van der Waals surface area contributed by atoms with Crippen LogP contribution in [0.15, 0.2) is 43.0 Å². The highest BCUT2D eigenvalue weighted by atomic mass is 19.1. The minimum Gasteiger partial charge on any atom is -0.396 e. The first-order valence-corrected chi connectivity index (χ1v) is 8.34. The summed E-state index contributed by atoms with van der Waals surface area (Å²) in [7, 11) is 0. The number of anilines is 1. The highest BCUT2D eigenvalue weighted by molar-refractivity contribution is 5.70. The lowest BCUT2D eigenvalue weighted by molar-refractivity contribution is 0.370. The molecule has 3 heterocycles. The molecular weight excluding hydrogens is 319 g/mol. The van der Waals surface area contributed by atoms with Gasteiger partial charge in [-0.2, -0.15) is 0 Å². The Hall–Kier alpha value is -2.80. The van der Waals surface area contributed by atoms with Crippen LogP contribution in [0.2, 0.25) is 0 Å². The molecule has 25 heavy (non-hydrogen) atoms. The van der Waals surface area contributed by atoms with Crippen LogP contribution >= 0.6 is 0 Å². The van der Waals surface area contributed by atoms with Crippen molar-refractivity contribution in [3.05, 3.63) is 48.8 Å². The van der Waals surface area contributed by atoms with Gasteiger partial charge in [-0.15, -0.1) is 0 Å². The molecule has 7 heteroatoms. The molecule has 0 radical (unpaired) electrons. The third kappa shape index (κ3) is 3.10. The molecule has 128 valence electrons. The molecule has 1 aromatic carbocycles. The van der Waals surface area contributed by atoms with Crippen LogP contribution in [0.25, 0.3) is 22.8 Å². The van der Waals surface area contributed by atoms with E-state index in [2.05, 4.69) is 19.9 Å². The number of hydrogen-bond acceptors (Lipinski definition) is 5. The third-order valence-corrected chi connectivity index (χ3v) is 4.53. The van der Waals surface area contributed by atoms with Crippen LogP contribution < -0.4 is 11.1 Å².